The van der Waals surface area contributed by atoms with Gasteiger partial charge in [-0.3, -0.25) is 14.9 Å². The molecule has 0 radical (unpaired) electrons. The highest BCUT2D eigenvalue weighted by atomic mass is 32.1. The number of halogens is 5. The van der Waals surface area contributed by atoms with Gasteiger partial charge in [-0.25, -0.2) is 26.9 Å². The summed E-state index contributed by atoms with van der Waals surface area (Å²) in [6, 6.07) is 0. The highest BCUT2D eigenvalue weighted by Gasteiger charge is 2.30. The van der Waals surface area contributed by atoms with E-state index < -0.39 is 46.5 Å². The van der Waals surface area contributed by atoms with E-state index >= 15 is 0 Å². The molecule has 0 saturated heterocycles. The van der Waals surface area contributed by atoms with Gasteiger partial charge in [0.1, 0.15) is 5.56 Å². The zero-order valence-electron chi connectivity index (χ0n) is 9.72. The number of thiazole rings is 1. The van der Waals surface area contributed by atoms with Crippen LogP contribution in [0.3, 0.4) is 0 Å². The number of benzene rings is 1. The molecule has 0 spiro atoms. The first-order valence-electron chi connectivity index (χ1n) is 5.11. The summed E-state index contributed by atoms with van der Waals surface area (Å²) in [5, 5.41) is 2.66. The smallest absolute Gasteiger partial charge is 0.286 e. The average molecular weight is 322 g/mol. The van der Waals surface area contributed by atoms with E-state index in [4.69, 9.17) is 0 Å². The largest absolute Gasteiger partial charge is 0.287 e. The molecule has 0 fully saturated rings. The Labute approximate surface area is 117 Å². The summed E-state index contributed by atoms with van der Waals surface area (Å²) >= 11 is 0.814. The van der Waals surface area contributed by atoms with Gasteiger partial charge in [0.15, 0.2) is 28.3 Å². The van der Waals surface area contributed by atoms with Crippen LogP contribution in [-0.4, -0.2) is 16.8 Å². The first-order chi connectivity index (χ1) is 9.84. The van der Waals surface area contributed by atoms with E-state index in [1.165, 1.54) is 16.9 Å². The van der Waals surface area contributed by atoms with Crippen molar-refractivity contribution >= 4 is 23.2 Å². The van der Waals surface area contributed by atoms with Crippen molar-refractivity contribution in [2.45, 2.75) is 0 Å². The van der Waals surface area contributed by atoms with E-state index in [9.17, 15) is 31.5 Å². The summed E-state index contributed by atoms with van der Waals surface area (Å²) in [6.07, 6.45) is 1.22. The number of imide groups is 1. The molecule has 0 bridgehead atoms. The van der Waals surface area contributed by atoms with Crippen molar-refractivity contribution in [3.8, 4) is 0 Å². The van der Waals surface area contributed by atoms with Crippen LogP contribution in [-0.2, 0) is 0 Å². The van der Waals surface area contributed by atoms with Crippen LogP contribution < -0.4 is 5.32 Å². The number of hydrogen-bond donors (Lipinski definition) is 1. The fraction of sp³-hybridized carbons (Fsp3) is 0. The van der Waals surface area contributed by atoms with Gasteiger partial charge in [-0.05, 0) is 0 Å². The molecular formula is C11H3F5N2O2S. The SMILES string of the molecule is O=C(NC(=O)c1c(F)c(F)c(F)c(F)c1F)c1nccs1. The van der Waals surface area contributed by atoms with Crippen molar-refractivity contribution in [1.29, 1.82) is 0 Å². The maximum atomic E-state index is 13.3. The summed E-state index contributed by atoms with van der Waals surface area (Å²) in [5.41, 5.74) is -1.74. The van der Waals surface area contributed by atoms with Crippen LogP contribution in [0.25, 0.3) is 0 Å². The van der Waals surface area contributed by atoms with E-state index in [1.54, 1.807) is 0 Å². The number of hydrogen-bond acceptors (Lipinski definition) is 4. The fourth-order valence-corrected chi connectivity index (χ4v) is 1.89. The minimum absolute atomic E-state index is 0.216. The zero-order chi connectivity index (χ0) is 15.7. The van der Waals surface area contributed by atoms with Crippen molar-refractivity contribution in [2.75, 3.05) is 0 Å². The molecule has 2 amide bonds. The Bertz CT molecular complexity index is 704. The molecule has 110 valence electrons. The molecule has 0 atom stereocenters. The van der Waals surface area contributed by atoms with Crippen molar-refractivity contribution in [3.05, 3.63) is 51.2 Å². The van der Waals surface area contributed by atoms with E-state index in [0.29, 0.717) is 0 Å². The van der Waals surface area contributed by atoms with E-state index in [0.717, 1.165) is 11.3 Å². The summed E-state index contributed by atoms with van der Waals surface area (Å²) in [5.74, 6) is -14.5. The van der Waals surface area contributed by atoms with Gasteiger partial charge in [-0.1, -0.05) is 0 Å². The number of carbonyl (C=O) groups is 2. The van der Waals surface area contributed by atoms with Gasteiger partial charge in [0, 0.05) is 11.6 Å². The topological polar surface area (TPSA) is 59.1 Å². The Morgan fingerprint density at radius 2 is 1.43 bits per heavy atom. The second kappa shape index (κ2) is 5.56. The lowest BCUT2D eigenvalue weighted by atomic mass is 10.1. The summed E-state index contributed by atoms with van der Waals surface area (Å²) in [7, 11) is 0. The summed E-state index contributed by atoms with van der Waals surface area (Å²) < 4.78 is 65.4. The first-order valence-corrected chi connectivity index (χ1v) is 5.99. The van der Waals surface area contributed by atoms with Gasteiger partial charge in [-0.15, -0.1) is 11.3 Å². The Kier molecular flexibility index (Phi) is 3.98. The summed E-state index contributed by atoms with van der Waals surface area (Å²) in [4.78, 5) is 26.5. The lowest BCUT2D eigenvalue weighted by molar-refractivity contribution is 0.0842. The first kappa shape index (κ1) is 15.0. The molecule has 2 aromatic rings. The molecular weight excluding hydrogens is 319 g/mol. The minimum Gasteiger partial charge on any atom is -0.286 e. The second-order valence-electron chi connectivity index (χ2n) is 3.57. The molecule has 21 heavy (non-hydrogen) atoms. The van der Waals surface area contributed by atoms with Crippen LogP contribution in [0.5, 0.6) is 0 Å². The standard InChI is InChI=1S/C11H3F5N2O2S/c12-4-3(5(13)7(15)8(16)6(4)14)9(19)18-10(20)11-17-1-2-21-11/h1-2H,(H,18,19,20). The molecule has 1 aromatic carbocycles. The Morgan fingerprint density at radius 1 is 0.905 bits per heavy atom. The third-order valence-electron chi connectivity index (χ3n) is 2.29. The highest BCUT2D eigenvalue weighted by Crippen LogP contribution is 2.23. The number of carbonyl (C=O) groups excluding carboxylic acids is 2. The molecule has 0 unspecified atom stereocenters. The van der Waals surface area contributed by atoms with Crippen LogP contribution in [0.15, 0.2) is 11.6 Å². The predicted molar refractivity (Wildman–Crippen MR) is 60.1 cm³/mol. The third-order valence-corrected chi connectivity index (χ3v) is 3.06. The molecule has 2 rings (SSSR count). The Morgan fingerprint density at radius 3 is 1.90 bits per heavy atom. The number of nitrogens with one attached hydrogen (secondary N) is 1. The lowest BCUT2D eigenvalue weighted by Gasteiger charge is -2.07. The van der Waals surface area contributed by atoms with Crippen LogP contribution >= 0.6 is 11.3 Å². The van der Waals surface area contributed by atoms with E-state index in [-0.39, 0.29) is 5.01 Å². The van der Waals surface area contributed by atoms with Crippen molar-refractivity contribution < 1.29 is 31.5 Å². The molecule has 1 N–H and O–H groups in total. The van der Waals surface area contributed by atoms with Crippen molar-refractivity contribution in [3.63, 3.8) is 0 Å². The van der Waals surface area contributed by atoms with Crippen molar-refractivity contribution in [1.82, 2.24) is 10.3 Å². The quantitative estimate of drug-likeness (QED) is 0.400. The van der Waals surface area contributed by atoms with Crippen LogP contribution in [0.1, 0.15) is 20.2 Å². The maximum Gasteiger partial charge on any atom is 0.287 e. The monoisotopic (exact) mass is 322 g/mol. The lowest BCUT2D eigenvalue weighted by Crippen LogP contribution is -2.32. The van der Waals surface area contributed by atoms with Crippen LogP contribution in [0, 0.1) is 29.1 Å². The fourth-order valence-electron chi connectivity index (χ4n) is 1.36. The highest BCUT2D eigenvalue weighted by molar-refractivity contribution is 7.11. The maximum absolute atomic E-state index is 13.3. The molecule has 1 heterocycles. The van der Waals surface area contributed by atoms with Crippen LogP contribution in [0.2, 0.25) is 0 Å². The zero-order valence-corrected chi connectivity index (χ0v) is 10.5. The van der Waals surface area contributed by atoms with Gasteiger partial charge in [0.2, 0.25) is 5.82 Å². The Balaban J connectivity index is 2.38. The number of rotatable bonds is 2. The molecule has 4 nitrogen and oxygen atoms in total. The molecule has 0 aliphatic rings. The molecule has 1 aromatic heterocycles. The third kappa shape index (κ3) is 2.61. The summed E-state index contributed by atoms with van der Waals surface area (Å²) in [6.45, 7) is 0. The second-order valence-corrected chi connectivity index (χ2v) is 4.46. The van der Waals surface area contributed by atoms with Gasteiger partial charge in [0.25, 0.3) is 11.8 Å². The van der Waals surface area contributed by atoms with E-state index in [2.05, 4.69) is 4.98 Å². The molecule has 0 saturated carbocycles. The molecule has 0 aliphatic heterocycles. The molecule has 10 heteroatoms. The predicted octanol–water partition coefficient (Wildman–Crippen LogP) is 2.41. The van der Waals surface area contributed by atoms with Gasteiger partial charge < -0.3 is 0 Å². The van der Waals surface area contributed by atoms with Crippen LogP contribution in [0.4, 0.5) is 22.0 Å². The van der Waals surface area contributed by atoms with Gasteiger partial charge >= 0.3 is 0 Å². The van der Waals surface area contributed by atoms with Gasteiger partial charge in [-0.2, -0.15) is 0 Å². The minimum atomic E-state index is -2.40. The number of amides is 2. The number of aromatic nitrogens is 1. The number of nitrogens with zero attached hydrogens (tertiary/aromatic N) is 1. The van der Waals surface area contributed by atoms with E-state index in [1.807, 2.05) is 0 Å². The average Bonchev–Trinajstić information content (AvgIpc) is 2.97. The normalized spacial score (nSPS) is 10.5. The van der Waals surface area contributed by atoms with Crippen molar-refractivity contribution in [2.24, 2.45) is 0 Å². The molecule has 0 aliphatic carbocycles. The van der Waals surface area contributed by atoms with Gasteiger partial charge in [0.05, 0.1) is 0 Å². The Hall–Kier alpha value is -2.36.